The van der Waals surface area contributed by atoms with Crippen molar-refractivity contribution in [2.45, 2.75) is 12.3 Å². The summed E-state index contributed by atoms with van der Waals surface area (Å²) in [6.45, 7) is 2.12. The van der Waals surface area contributed by atoms with Gasteiger partial charge in [0.15, 0.2) is 0 Å². The van der Waals surface area contributed by atoms with Crippen LogP contribution >= 0.6 is 11.8 Å². The number of hydrogen-bond donors (Lipinski definition) is 0. The molecule has 1 rings (SSSR count). The second-order valence-corrected chi connectivity index (χ2v) is 2.70. The highest BCUT2D eigenvalue weighted by Gasteiger charge is 2.09. The summed E-state index contributed by atoms with van der Waals surface area (Å²) in [5.41, 5.74) is 1.87. The molecule has 0 amide bonds. The van der Waals surface area contributed by atoms with Crippen molar-refractivity contribution < 1.29 is 0 Å². The molecule has 0 radical (unpaired) electrons. The maximum absolute atomic E-state index is 3.99. The van der Waals surface area contributed by atoms with Crippen LogP contribution in [0.25, 0.3) is 0 Å². The largest absolute Gasteiger partial charge is 0.286 e. The van der Waals surface area contributed by atoms with Gasteiger partial charge in [-0.3, -0.25) is 5.01 Å². The Morgan fingerprint density at radius 3 is 2.71 bits per heavy atom. The molecule has 7 heavy (non-hydrogen) atoms. The quantitative estimate of drug-likeness (QED) is 0.468. The molecular formula is C4H8N2S. The smallest absolute Gasteiger partial charge is 0.0946 e. The molecule has 2 nitrogen and oxygen atoms in total. The molecule has 0 saturated heterocycles. The topological polar surface area (TPSA) is 15.6 Å². The first-order valence-electron chi connectivity index (χ1n) is 2.21. The third-order valence-electron chi connectivity index (χ3n) is 1.01. The first-order valence-corrected chi connectivity index (χ1v) is 3.16. The fourth-order valence-electron chi connectivity index (χ4n) is 0.372. The minimum absolute atomic E-state index is 0.542. The van der Waals surface area contributed by atoms with E-state index >= 15 is 0 Å². The van der Waals surface area contributed by atoms with Crippen LogP contribution in [0.5, 0.6) is 0 Å². The van der Waals surface area contributed by atoms with Crippen LogP contribution in [0.1, 0.15) is 6.92 Å². The SMILES string of the molecule is CC1SC=NN1C. The minimum Gasteiger partial charge on any atom is -0.286 e. The number of hydrazone groups is 1. The number of hydrogen-bond acceptors (Lipinski definition) is 3. The zero-order chi connectivity index (χ0) is 5.28. The Bertz CT molecular complexity index is 91.7. The van der Waals surface area contributed by atoms with Crippen molar-refractivity contribution >= 4 is 17.3 Å². The summed E-state index contributed by atoms with van der Waals surface area (Å²) in [5.74, 6) is 0. The first kappa shape index (κ1) is 4.97. The summed E-state index contributed by atoms with van der Waals surface area (Å²) < 4.78 is 0. The average Bonchev–Trinajstić information content (AvgIpc) is 1.91. The standard InChI is InChI=1S/C4H8N2S/c1-4-6(2)5-3-7-4/h3-4H,1-2H3. The van der Waals surface area contributed by atoms with Crippen molar-refractivity contribution in [3.8, 4) is 0 Å². The maximum atomic E-state index is 3.99. The van der Waals surface area contributed by atoms with E-state index < -0.39 is 0 Å². The van der Waals surface area contributed by atoms with Gasteiger partial charge in [0.1, 0.15) is 0 Å². The summed E-state index contributed by atoms with van der Waals surface area (Å²) in [6, 6.07) is 0. The van der Waals surface area contributed by atoms with E-state index in [0.29, 0.717) is 5.37 Å². The van der Waals surface area contributed by atoms with Crippen molar-refractivity contribution in [3.05, 3.63) is 0 Å². The van der Waals surface area contributed by atoms with Gasteiger partial charge in [-0.1, -0.05) is 11.8 Å². The van der Waals surface area contributed by atoms with Gasteiger partial charge in [0, 0.05) is 7.05 Å². The lowest BCUT2D eigenvalue weighted by molar-refractivity contribution is 0.358. The predicted octanol–water partition coefficient (Wildman–Crippen LogP) is 0.954. The fraction of sp³-hybridized carbons (Fsp3) is 0.750. The van der Waals surface area contributed by atoms with Crippen molar-refractivity contribution in [2.24, 2.45) is 5.10 Å². The summed E-state index contributed by atoms with van der Waals surface area (Å²) in [4.78, 5) is 0. The van der Waals surface area contributed by atoms with E-state index in [1.54, 1.807) is 11.8 Å². The second kappa shape index (κ2) is 1.74. The minimum atomic E-state index is 0.542. The second-order valence-electron chi connectivity index (χ2n) is 1.53. The summed E-state index contributed by atoms with van der Waals surface area (Å²) in [7, 11) is 1.97. The molecule has 1 aliphatic heterocycles. The monoisotopic (exact) mass is 116 g/mol. The molecule has 0 bridgehead atoms. The number of rotatable bonds is 0. The molecule has 40 valence electrons. The molecular weight excluding hydrogens is 108 g/mol. The van der Waals surface area contributed by atoms with Crippen molar-refractivity contribution in [3.63, 3.8) is 0 Å². The number of thioether (sulfide) groups is 1. The lowest BCUT2D eigenvalue weighted by atomic mass is 10.7. The highest BCUT2D eigenvalue weighted by atomic mass is 32.2. The Hall–Kier alpha value is -0.180. The van der Waals surface area contributed by atoms with Crippen molar-refractivity contribution in [1.82, 2.24) is 5.01 Å². The van der Waals surface area contributed by atoms with Gasteiger partial charge in [-0.2, -0.15) is 5.10 Å². The van der Waals surface area contributed by atoms with Gasteiger partial charge in [-0.25, -0.2) is 0 Å². The van der Waals surface area contributed by atoms with E-state index in [1.165, 1.54) is 0 Å². The van der Waals surface area contributed by atoms with Crippen LogP contribution in [-0.4, -0.2) is 23.0 Å². The van der Waals surface area contributed by atoms with Gasteiger partial charge in [-0.15, -0.1) is 0 Å². The Morgan fingerprint density at radius 2 is 2.57 bits per heavy atom. The summed E-state index contributed by atoms with van der Waals surface area (Å²) in [5, 5.41) is 6.47. The van der Waals surface area contributed by atoms with E-state index in [9.17, 15) is 0 Å². The molecule has 1 atom stereocenters. The fourth-order valence-corrected chi connectivity index (χ4v) is 0.981. The van der Waals surface area contributed by atoms with Gasteiger partial charge in [0.2, 0.25) is 0 Å². The lowest BCUT2D eigenvalue weighted by Crippen LogP contribution is -2.14. The molecule has 0 fully saturated rings. The van der Waals surface area contributed by atoms with Crippen LogP contribution in [-0.2, 0) is 0 Å². The Balaban J connectivity index is 2.45. The van der Waals surface area contributed by atoms with E-state index in [-0.39, 0.29) is 0 Å². The number of nitrogens with zero attached hydrogens (tertiary/aromatic N) is 2. The Kier molecular flexibility index (Phi) is 1.23. The van der Waals surface area contributed by atoms with Crippen LogP contribution < -0.4 is 0 Å². The summed E-state index contributed by atoms with van der Waals surface area (Å²) in [6.07, 6.45) is 0. The molecule has 0 spiro atoms. The third-order valence-corrected chi connectivity index (χ3v) is 1.93. The molecule has 1 unspecified atom stereocenters. The summed E-state index contributed by atoms with van der Waals surface area (Å²) >= 11 is 1.74. The molecule has 0 N–H and O–H groups in total. The van der Waals surface area contributed by atoms with Crippen molar-refractivity contribution in [2.75, 3.05) is 7.05 Å². The zero-order valence-corrected chi connectivity index (χ0v) is 5.27. The molecule has 0 aromatic carbocycles. The predicted molar refractivity (Wildman–Crippen MR) is 33.3 cm³/mol. The van der Waals surface area contributed by atoms with Gasteiger partial charge >= 0.3 is 0 Å². The van der Waals surface area contributed by atoms with E-state index in [0.717, 1.165) is 0 Å². The molecule has 0 aromatic heterocycles. The highest BCUT2D eigenvalue weighted by Crippen LogP contribution is 2.16. The van der Waals surface area contributed by atoms with Crippen LogP contribution in [0.3, 0.4) is 0 Å². The normalized spacial score (nSPS) is 29.4. The average molecular weight is 116 g/mol. The van der Waals surface area contributed by atoms with Crippen LogP contribution in [0.15, 0.2) is 5.10 Å². The maximum Gasteiger partial charge on any atom is 0.0946 e. The lowest BCUT2D eigenvalue weighted by Gasteiger charge is -2.10. The molecule has 0 saturated carbocycles. The molecule has 1 heterocycles. The van der Waals surface area contributed by atoms with Gasteiger partial charge < -0.3 is 0 Å². The van der Waals surface area contributed by atoms with Crippen molar-refractivity contribution in [1.29, 1.82) is 0 Å². The van der Waals surface area contributed by atoms with Crippen LogP contribution in [0.4, 0.5) is 0 Å². The molecule has 1 aliphatic rings. The third kappa shape index (κ3) is 0.881. The Labute approximate surface area is 47.6 Å². The highest BCUT2D eigenvalue weighted by molar-refractivity contribution is 8.12. The van der Waals surface area contributed by atoms with Gasteiger partial charge in [0.25, 0.3) is 0 Å². The Morgan fingerprint density at radius 1 is 1.86 bits per heavy atom. The molecule has 0 aliphatic carbocycles. The van der Waals surface area contributed by atoms with Gasteiger partial charge in [0.05, 0.1) is 10.9 Å². The van der Waals surface area contributed by atoms with Gasteiger partial charge in [-0.05, 0) is 6.92 Å². The zero-order valence-electron chi connectivity index (χ0n) is 4.46. The van der Waals surface area contributed by atoms with Crippen LogP contribution in [0, 0.1) is 0 Å². The first-order chi connectivity index (χ1) is 3.30. The van der Waals surface area contributed by atoms with E-state index in [2.05, 4.69) is 12.0 Å². The van der Waals surface area contributed by atoms with E-state index in [1.807, 2.05) is 17.6 Å². The van der Waals surface area contributed by atoms with E-state index in [4.69, 9.17) is 0 Å². The molecule has 3 heteroatoms. The van der Waals surface area contributed by atoms with Crippen LogP contribution in [0.2, 0.25) is 0 Å². The molecule has 0 aromatic rings.